The third-order valence-electron chi connectivity index (χ3n) is 4.57. The van der Waals surface area contributed by atoms with Crippen molar-refractivity contribution in [3.63, 3.8) is 0 Å². The standard InChI is InChI=1S/C15H27N3/c1-13(10-16-14-4-5-14)11-17-9-6-15(12-17)18-7-2-3-8-18/h14-16H,1-12H2. The molecule has 1 atom stereocenters. The normalized spacial score (nSPS) is 30.1. The maximum absolute atomic E-state index is 4.22. The minimum atomic E-state index is 0.803. The highest BCUT2D eigenvalue weighted by atomic mass is 15.3. The topological polar surface area (TPSA) is 18.5 Å². The van der Waals surface area contributed by atoms with Crippen molar-refractivity contribution < 1.29 is 0 Å². The lowest BCUT2D eigenvalue weighted by atomic mass is 10.2. The largest absolute Gasteiger partial charge is 0.310 e. The Kier molecular flexibility index (Phi) is 4.02. The van der Waals surface area contributed by atoms with Crippen LogP contribution in [-0.2, 0) is 0 Å². The van der Waals surface area contributed by atoms with E-state index in [9.17, 15) is 0 Å². The van der Waals surface area contributed by atoms with Crippen LogP contribution in [0.2, 0.25) is 0 Å². The summed E-state index contributed by atoms with van der Waals surface area (Å²) in [6.45, 7) is 11.6. The van der Waals surface area contributed by atoms with Gasteiger partial charge in [0.25, 0.3) is 0 Å². The van der Waals surface area contributed by atoms with Crippen molar-refractivity contribution in [3.8, 4) is 0 Å². The molecule has 1 unspecified atom stereocenters. The van der Waals surface area contributed by atoms with Gasteiger partial charge < -0.3 is 5.32 Å². The van der Waals surface area contributed by atoms with Gasteiger partial charge in [-0.3, -0.25) is 9.80 Å². The fraction of sp³-hybridized carbons (Fsp3) is 0.867. The van der Waals surface area contributed by atoms with Gasteiger partial charge in [0.2, 0.25) is 0 Å². The molecule has 3 rings (SSSR count). The molecule has 0 radical (unpaired) electrons. The minimum absolute atomic E-state index is 0.803. The Bertz CT molecular complexity index is 292. The van der Waals surface area contributed by atoms with Crippen molar-refractivity contribution in [2.75, 3.05) is 39.3 Å². The van der Waals surface area contributed by atoms with E-state index in [1.165, 1.54) is 63.9 Å². The van der Waals surface area contributed by atoms with E-state index in [1.807, 2.05) is 0 Å². The van der Waals surface area contributed by atoms with E-state index in [-0.39, 0.29) is 0 Å². The highest BCUT2D eigenvalue weighted by molar-refractivity contribution is 5.03. The van der Waals surface area contributed by atoms with Gasteiger partial charge in [-0.2, -0.15) is 0 Å². The molecule has 2 heterocycles. The zero-order valence-electron chi connectivity index (χ0n) is 11.5. The molecule has 0 spiro atoms. The number of nitrogens with zero attached hydrogens (tertiary/aromatic N) is 2. The molecule has 0 amide bonds. The molecule has 1 aliphatic carbocycles. The Labute approximate surface area is 111 Å². The number of hydrogen-bond acceptors (Lipinski definition) is 3. The summed E-state index contributed by atoms with van der Waals surface area (Å²) in [5.41, 5.74) is 1.36. The first-order valence-electron chi connectivity index (χ1n) is 7.68. The van der Waals surface area contributed by atoms with E-state index >= 15 is 0 Å². The summed E-state index contributed by atoms with van der Waals surface area (Å²) in [7, 11) is 0. The highest BCUT2D eigenvalue weighted by Gasteiger charge is 2.29. The zero-order chi connectivity index (χ0) is 12.4. The zero-order valence-corrected chi connectivity index (χ0v) is 11.5. The van der Waals surface area contributed by atoms with Crippen LogP contribution >= 0.6 is 0 Å². The van der Waals surface area contributed by atoms with E-state index in [2.05, 4.69) is 21.7 Å². The molecule has 18 heavy (non-hydrogen) atoms. The van der Waals surface area contributed by atoms with Crippen LogP contribution in [-0.4, -0.2) is 61.2 Å². The summed E-state index contributed by atoms with van der Waals surface area (Å²) in [6.07, 6.45) is 6.93. The fourth-order valence-electron chi connectivity index (χ4n) is 3.31. The Morgan fingerprint density at radius 1 is 1.11 bits per heavy atom. The first kappa shape index (κ1) is 12.6. The van der Waals surface area contributed by atoms with E-state index in [1.54, 1.807) is 0 Å². The number of rotatable bonds is 6. The number of hydrogen-bond donors (Lipinski definition) is 1. The SMILES string of the molecule is C=C(CNC1CC1)CN1CCC(N2CCCC2)C1. The van der Waals surface area contributed by atoms with Gasteiger partial charge in [0, 0.05) is 38.3 Å². The second kappa shape index (κ2) is 5.72. The van der Waals surface area contributed by atoms with Gasteiger partial charge in [-0.05, 0) is 50.8 Å². The predicted molar refractivity (Wildman–Crippen MR) is 75.8 cm³/mol. The van der Waals surface area contributed by atoms with E-state index in [0.29, 0.717) is 0 Å². The quantitative estimate of drug-likeness (QED) is 0.719. The van der Waals surface area contributed by atoms with Crippen molar-refractivity contribution in [3.05, 3.63) is 12.2 Å². The molecule has 2 aliphatic heterocycles. The number of likely N-dealkylation sites (tertiary alicyclic amines) is 2. The lowest BCUT2D eigenvalue weighted by molar-refractivity contribution is 0.236. The maximum Gasteiger partial charge on any atom is 0.0235 e. The van der Waals surface area contributed by atoms with Gasteiger partial charge in [-0.25, -0.2) is 0 Å². The van der Waals surface area contributed by atoms with Crippen LogP contribution in [0.15, 0.2) is 12.2 Å². The van der Waals surface area contributed by atoms with E-state index in [0.717, 1.165) is 25.2 Å². The summed E-state index contributed by atoms with van der Waals surface area (Å²) >= 11 is 0. The summed E-state index contributed by atoms with van der Waals surface area (Å²) < 4.78 is 0. The minimum Gasteiger partial charge on any atom is -0.310 e. The average Bonchev–Trinajstić information content (AvgIpc) is 2.85. The van der Waals surface area contributed by atoms with Crippen LogP contribution in [0.25, 0.3) is 0 Å². The second-order valence-electron chi connectivity index (χ2n) is 6.33. The number of nitrogens with one attached hydrogen (secondary N) is 1. The van der Waals surface area contributed by atoms with Gasteiger partial charge in [-0.1, -0.05) is 6.58 Å². The third kappa shape index (κ3) is 3.34. The lowest BCUT2D eigenvalue weighted by Gasteiger charge is -2.24. The maximum atomic E-state index is 4.22. The average molecular weight is 249 g/mol. The first-order valence-corrected chi connectivity index (χ1v) is 7.68. The van der Waals surface area contributed by atoms with E-state index < -0.39 is 0 Å². The fourth-order valence-corrected chi connectivity index (χ4v) is 3.31. The van der Waals surface area contributed by atoms with Crippen LogP contribution < -0.4 is 5.32 Å². The molecule has 3 heteroatoms. The van der Waals surface area contributed by atoms with Crippen molar-refractivity contribution in [1.29, 1.82) is 0 Å². The molecule has 3 fully saturated rings. The Morgan fingerprint density at radius 2 is 1.89 bits per heavy atom. The van der Waals surface area contributed by atoms with E-state index in [4.69, 9.17) is 0 Å². The Balaban J connectivity index is 1.36. The molecular formula is C15H27N3. The van der Waals surface area contributed by atoms with Gasteiger partial charge in [0.15, 0.2) is 0 Å². The molecule has 102 valence electrons. The van der Waals surface area contributed by atoms with Crippen molar-refractivity contribution in [1.82, 2.24) is 15.1 Å². The summed E-state index contributed by atoms with van der Waals surface area (Å²) in [5.74, 6) is 0. The smallest absolute Gasteiger partial charge is 0.0235 e. The van der Waals surface area contributed by atoms with Crippen molar-refractivity contribution >= 4 is 0 Å². The highest BCUT2D eigenvalue weighted by Crippen LogP contribution is 2.21. The third-order valence-corrected chi connectivity index (χ3v) is 4.57. The molecule has 1 saturated carbocycles. The molecule has 3 aliphatic rings. The van der Waals surface area contributed by atoms with Crippen LogP contribution in [0.4, 0.5) is 0 Å². The van der Waals surface area contributed by atoms with Gasteiger partial charge in [0.1, 0.15) is 0 Å². The van der Waals surface area contributed by atoms with Crippen molar-refractivity contribution in [2.24, 2.45) is 0 Å². The molecule has 0 aromatic heterocycles. The first-order chi connectivity index (χ1) is 8.81. The molecule has 2 saturated heterocycles. The molecule has 3 nitrogen and oxygen atoms in total. The summed E-state index contributed by atoms with van der Waals surface area (Å²) in [4.78, 5) is 5.30. The Morgan fingerprint density at radius 3 is 2.61 bits per heavy atom. The molecule has 0 bridgehead atoms. The van der Waals surface area contributed by atoms with Crippen molar-refractivity contribution in [2.45, 2.75) is 44.2 Å². The monoisotopic (exact) mass is 249 g/mol. The van der Waals surface area contributed by atoms with Crippen LogP contribution in [0.5, 0.6) is 0 Å². The Hall–Kier alpha value is -0.380. The van der Waals surface area contributed by atoms with Gasteiger partial charge in [-0.15, -0.1) is 0 Å². The summed E-state index contributed by atoms with van der Waals surface area (Å²) in [6, 6.07) is 1.63. The van der Waals surface area contributed by atoms with Gasteiger partial charge >= 0.3 is 0 Å². The van der Waals surface area contributed by atoms with Gasteiger partial charge in [0.05, 0.1) is 0 Å². The van der Waals surface area contributed by atoms with Crippen LogP contribution in [0.3, 0.4) is 0 Å². The predicted octanol–water partition coefficient (Wildman–Crippen LogP) is 1.46. The lowest BCUT2D eigenvalue weighted by Crippen LogP contribution is -2.36. The van der Waals surface area contributed by atoms with Crippen LogP contribution in [0, 0.1) is 0 Å². The molecular weight excluding hydrogens is 222 g/mol. The summed E-state index contributed by atoms with van der Waals surface area (Å²) in [5, 5.41) is 3.56. The molecule has 0 aromatic rings. The molecule has 1 N–H and O–H groups in total. The molecule has 0 aromatic carbocycles. The van der Waals surface area contributed by atoms with Crippen LogP contribution in [0.1, 0.15) is 32.1 Å². The second-order valence-corrected chi connectivity index (χ2v) is 6.33.